The number of hydrogen-bond donors (Lipinski definition) is 1. The standard InChI is InChI=1S/C14H7BrClNO2S/c15-9-2-1-8(7-17)13(5-9)20-10-3-4-12(16)11(6-10)14(18)19/h1-6H,(H,18,19). The Morgan fingerprint density at radius 2 is 2.05 bits per heavy atom. The van der Waals surface area contributed by atoms with Crippen LogP contribution >= 0.6 is 39.3 Å². The van der Waals surface area contributed by atoms with E-state index in [0.29, 0.717) is 10.5 Å². The molecule has 2 aromatic rings. The van der Waals surface area contributed by atoms with E-state index in [1.807, 2.05) is 6.07 Å². The summed E-state index contributed by atoms with van der Waals surface area (Å²) in [4.78, 5) is 12.5. The highest BCUT2D eigenvalue weighted by molar-refractivity contribution is 9.10. The number of rotatable bonds is 3. The largest absolute Gasteiger partial charge is 0.478 e. The van der Waals surface area contributed by atoms with Crippen LogP contribution in [0.3, 0.4) is 0 Å². The molecule has 0 radical (unpaired) electrons. The van der Waals surface area contributed by atoms with E-state index in [2.05, 4.69) is 22.0 Å². The summed E-state index contributed by atoms with van der Waals surface area (Å²) >= 11 is 10.5. The van der Waals surface area contributed by atoms with E-state index in [4.69, 9.17) is 22.0 Å². The van der Waals surface area contributed by atoms with Gasteiger partial charge in [-0.3, -0.25) is 0 Å². The van der Waals surface area contributed by atoms with Gasteiger partial charge in [0.2, 0.25) is 0 Å². The maximum atomic E-state index is 11.1. The van der Waals surface area contributed by atoms with Crippen LogP contribution in [0.5, 0.6) is 0 Å². The van der Waals surface area contributed by atoms with Crippen LogP contribution in [0.2, 0.25) is 5.02 Å². The van der Waals surface area contributed by atoms with Gasteiger partial charge >= 0.3 is 5.97 Å². The molecule has 100 valence electrons. The summed E-state index contributed by atoms with van der Waals surface area (Å²) in [6.07, 6.45) is 0. The Labute approximate surface area is 133 Å². The Balaban J connectivity index is 2.40. The number of aromatic carboxylic acids is 1. The number of benzene rings is 2. The second-order valence-corrected chi connectivity index (χ2v) is 6.24. The smallest absolute Gasteiger partial charge is 0.337 e. The van der Waals surface area contributed by atoms with Crippen molar-refractivity contribution in [2.24, 2.45) is 0 Å². The van der Waals surface area contributed by atoms with Crippen molar-refractivity contribution in [3.63, 3.8) is 0 Å². The minimum Gasteiger partial charge on any atom is -0.478 e. The SMILES string of the molecule is N#Cc1ccc(Br)cc1Sc1ccc(Cl)c(C(=O)O)c1. The number of nitrogens with zero attached hydrogens (tertiary/aromatic N) is 1. The summed E-state index contributed by atoms with van der Waals surface area (Å²) in [5, 5.41) is 18.3. The second kappa shape index (κ2) is 6.31. The highest BCUT2D eigenvalue weighted by atomic mass is 79.9. The fraction of sp³-hybridized carbons (Fsp3) is 0. The van der Waals surface area contributed by atoms with Crippen LogP contribution in [0.15, 0.2) is 50.7 Å². The van der Waals surface area contributed by atoms with Crippen LogP contribution in [0.1, 0.15) is 15.9 Å². The number of carboxylic acids is 1. The van der Waals surface area contributed by atoms with Gasteiger partial charge in [0.15, 0.2) is 0 Å². The van der Waals surface area contributed by atoms with Gasteiger partial charge in [0.05, 0.1) is 16.1 Å². The first-order valence-electron chi connectivity index (χ1n) is 5.41. The average Bonchev–Trinajstić information content (AvgIpc) is 2.41. The van der Waals surface area contributed by atoms with Gasteiger partial charge in [0.1, 0.15) is 6.07 Å². The molecule has 0 unspecified atom stereocenters. The molecule has 6 heteroatoms. The van der Waals surface area contributed by atoms with Gasteiger partial charge in [-0.2, -0.15) is 5.26 Å². The molecule has 0 aliphatic heterocycles. The molecule has 3 nitrogen and oxygen atoms in total. The van der Waals surface area contributed by atoms with Gasteiger partial charge < -0.3 is 5.11 Å². The zero-order valence-corrected chi connectivity index (χ0v) is 13.1. The molecule has 0 saturated carbocycles. The van der Waals surface area contributed by atoms with Gasteiger partial charge in [0, 0.05) is 14.3 Å². The summed E-state index contributed by atoms with van der Waals surface area (Å²) in [7, 11) is 0. The van der Waals surface area contributed by atoms with Gasteiger partial charge in [-0.15, -0.1) is 0 Å². The molecule has 0 heterocycles. The zero-order chi connectivity index (χ0) is 14.7. The summed E-state index contributed by atoms with van der Waals surface area (Å²) in [5.74, 6) is -1.08. The first kappa shape index (κ1) is 14.9. The molecule has 0 spiro atoms. The van der Waals surface area contributed by atoms with Gasteiger partial charge in [-0.1, -0.05) is 39.3 Å². The van der Waals surface area contributed by atoms with Crippen molar-refractivity contribution in [1.29, 1.82) is 5.26 Å². The lowest BCUT2D eigenvalue weighted by Crippen LogP contribution is -1.97. The molecular formula is C14H7BrClNO2S. The zero-order valence-electron chi connectivity index (χ0n) is 9.93. The van der Waals surface area contributed by atoms with Crippen molar-refractivity contribution in [1.82, 2.24) is 0 Å². The van der Waals surface area contributed by atoms with Crippen LogP contribution in [0, 0.1) is 11.3 Å². The summed E-state index contributed by atoms with van der Waals surface area (Å²) in [6.45, 7) is 0. The topological polar surface area (TPSA) is 61.1 Å². The molecule has 1 N–H and O–H groups in total. The van der Waals surface area contributed by atoms with Crippen molar-refractivity contribution in [3.05, 3.63) is 57.0 Å². The Morgan fingerprint density at radius 3 is 2.70 bits per heavy atom. The first-order chi connectivity index (χ1) is 9.51. The first-order valence-corrected chi connectivity index (χ1v) is 7.40. The maximum absolute atomic E-state index is 11.1. The number of carboxylic acid groups (broad SMARTS) is 1. The summed E-state index contributed by atoms with van der Waals surface area (Å²) < 4.78 is 0.853. The molecule has 0 atom stereocenters. The third kappa shape index (κ3) is 3.34. The Kier molecular flexibility index (Phi) is 4.71. The van der Waals surface area contributed by atoms with Gasteiger partial charge in [0.25, 0.3) is 0 Å². The molecule has 0 amide bonds. The fourth-order valence-corrected chi connectivity index (χ4v) is 3.22. The molecule has 20 heavy (non-hydrogen) atoms. The Bertz CT molecular complexity index is 728. The van der Waals surface area contributed by atoms with Crippen molar-refractivity contribution >= 4 is 45.3 Å². The third-order valence-electron chi connectivity index (χ3n) is 2.46. The average molecular weight is 369 g/mol. The van der Waals surface area contributed by atoms with Crippen LogP contribution < -0.4 is 0 Å². The lowest BCUT2D eigenvalue weighted by molar-refractivity contribution is 0.0697. The number of hydrogen-bond acceptors (Lipinski definition) is 3. The summed E-state index contributed by atoms with van der Waals surface area (Å²) in [6, 6.07) is 12.2. The van der Waals surface area contributed by atoms with Crippen LogP contribution in [0.25, 0.3) is 0 Å². The highest BCUT2D eigenvalue weighted by Gasteiger charge is 2.11. The molecule has 2 rings (SSSR count). The molecule has 0 fully saturated rings. The van der Waals surface area contributed by atoms with Crippen molar-refractivity contribution < 1.29 is 9.90 Å². The highest BCUT2D eigenvalue weighted by Crippen LogP contribution is 2.34. The predicted octanol–water partition coefficient (Wildman–Crippen LogP) is 4.82. The number of halogens is 2. The lowest BCUT2D eigenvalue weighted by atomic mass is 10.2. The quantitative estimate of drug-likeness (QED) is 0.843. The van der Waals surface area contributed by atoms with Crippen LogP contribution in [-0.4, -0.2) is 11.1 Å². The number of carbonyl (C=O) groups is 1. The van der Waals surface area contributed by atoms with E-state index < -0.39 is 5.97 Å². The van der Waals surface area contributed by atoms with Gasteiger partial charge in [-0.25, -0.2) is 4.79 Å². The van der Waals surface area contributed by atoms with E-state index in [0.717, 1.165) is 9.37 Å². The molecule has 0 aromatic heterocycles. The van der Waals surface area contributed by atoms with E-state index in [1.54, 1.807) is 18.2 Å². The van der Waals surface area contributed by atoms with Gasteiger partial charge in [-0.05, 0) is 36.4 Å². The van der Waals surface area contributed by atoms with E-state index in [1.165, 1.54) is 23.9 Å². The number of nitriles is 1. The van der Waals surface area contributed by atoms with Crippen molar-refractivity contribution in [2.75, 3.05) is 0 Å². The second-order valence-electron chi connectivity index (χ2n) is 3.80. The molecular weight excluding hydrogens is 362 g/mol. The maximum Gasteiger partial charge on any atom is 0.337 e. The Morgan fingerprint density at radius 1 is 1.30 bits per heavy atom. The molecule has 0 aliphatic carbocycles. The lowest BCUT2D eigenvalue weighted by Gasteiger charge is -2.06. The molecule has 0 saturated heterocycles. The van der Waals surface area contributed by atoms with E-state index >= 15 is 0 Å². The van der Waals surface area contributed by atoms with Crippen LogP contribution in [-0.2, 0) is 0 Å². The van der Waals surface area contributed by atoms with E-state index in [-0.39, 0.29) is 10.6 Å². The summed E-state index contributed by atoms with van der Waals surface area (Å²) in [5.41, 5.74) is 0.579. The van der Waals surface area contributed by atoms with Crippen molar-refractivity contribution in [3.8, 4) is 6.07 Å². The normalized spacial score (nSPS) is 10.1. The van der Waals surface area contributed by atoms with E-state index in [9.17, 15) is 4.79 Å². The molecule has 2 aromatic carbocycles. The molecule has 0 bridgehead atoms. The minimum absolute atomic E-state index is 0.0465. The third-order valence-corrected chi connectivity index (χ3v) is 4.33. The fourth-order valence-electron chi connectivity index (χ4n) is 1.53. The minimum atomic E-state index is -1.08. The van der Waals surface area contributed by atoms with Crippen LogP contribution in [0.4, 0.5) is 0 Å². The van der Waals surface area contributed by atoms with Crippen molar-refractivity contribution in [2.45, 2.75) is 9.79 Å². The monoisotopic (exact) mass is 367 g/mol. The molecule has 0 aliphatic rings. The predicted molar refractivity (Wildman–Crippen MR) is 81.4 cm³/mol. The Hall–Kier alpha value is -1.48.